The van der Waals surface area contributed by atoms with Crippen LogP contribution in [0.3, 0.4) is 0 Å². The average Bonchev–Trinajstić information content (AvgIpc) is 2.62. The second-order valence-corrected chi connectivity index (χ2v) is 5.35. The monoisotopic (exact) mass is 219 g/mol. The number of hydrogen-bond donors (Lipinski definition) is 1. The van der Waals surface area contributed by atoms with E-state index in [1.54, 1.807) is 0 Å². The Kier molecular flexibility index (Phi) is 3.13. The van der Waals surface area contributed by atoms with Gasteiger partial charge in [0.1, 0.15) is 0 Å². The summed E-state index contributed by atoms with van der Waals surface area (Å²) in [6.45, 7) is 7.37. The van der Waals surface area contributed by atoms with Crippen LogP contribution in [0, 0.1) is 19.3 Å². The molecule has 1 heterocycles. The third-order valence-electron chi connectivity index (χ3n) is 3.47. The summed E-state index contributed by atoms with van der Waals surface area (Å²) >= 11 is 0. The van der Waals surface area contributed by atoms with Crippen LogP contribution in [-0.4, -0.2) is 16.5 Å². The third-order valence-corrected chi connectivity index (χ3v) is 3.47. The molecule has 0 radical (unpaired) electrons. The molecule has 0 spiro atoms. The lowest BCUT2D eigenvalue weighted by molar-refractivity contribution is 0.361. The van der Waals surface area contributed by atoms with Crippen molar-refractivity contribution in [1.82, 2.24) is 9.97 Å². The van der Waals surface area contributed by atoms with Crippen LogP contribution in [0.25, 0.3) is 0 Å². The zero-order valence-corrected chi connectivity index (χ0v) is 10.5. The number of aryl methyl sites for hydroxylation is 2. The topological polar surface area (TPSA) is 37.8 Å². The van der Waals surface area contributed by atoms with E-state index in [2.05, 4.69) is 22.2 Å². The van der Waals surface area contributed by atoms with Gasteiger partial charge >= 0.3 is 0 Å². The maximum Gasteiger partial charge on any atom is 0.223 e. The summed E-state index contributed by atoms with van der Waals surface area (Å²) in [5, 5.41) is 3.39. The van der Waals surface area contributed by atoms with E-state index in [1.165, 1.54) is 25.7 Å². The number of rotatable bonds is 3. The normalized spacial score (nSPS) is 18.7. The maximum atomic E-state index is 4.40. The molecule has 3 nitrogen and oxygen atoms in total. The second-order valence-electron chi connectivity index (χ2n) is 5.35. The van der Waals surface area contributed by atoms with E-state index in [0.717, 1.165) is 23.9 Å². The van der Waals surface area contributed by atoms with E-state index in [9.17, 15) is 0 Å². The Morgan fingerprint density at radius 1 is 1.19 bits per heavy atom. The van der Waals surface area contributed by atoms with Gasteiger partial charge < -0.3 is 5.32 Å². The number of nitrogens with zero attached hydrogens (tertiary/aromatic N) is 2. The van der Waals surface area contributed by atoms with E-state index < -0.39 is 0 Å². The quantitative estimate of drug-likeness (QED) is 0.849. The molecule has 0 aromatic carbocycles. The molecule has 1 aliphatic rings. The van der Waals surface area contributed by atoms with Gasteiger partial charge in [0, 0.05) is 17.9 Å². The van der Waals surface area contributed by atoms with Crippen LogP contribution in [0.15, 0.2) is 6.07 Å². The lowest BCUT2D eigenvalue weighted by atomic mass is 9.89. The molecule has 0 aliphatic heterocycles. The van der Waals surface area contributed by atoms with Gasteiger partial charge in [-0.2, -0.15) is 0 Å². The fraction of sp³-hybridized carbons (Fsp3) is 0.692. The van der Waals surface area contributed by atoms with E-state index in [-0.39, 0.29) is 0 Å². The first kappa shape index (κ1) is 11.4. The molecule has 88 valence electrons. The highest BCUT2D eigenvalue weighted by atomic mass is 15.1. The standard InChI is InChI=1S/C13H21N3/c1-10-8-11(2)16-12(15-10)14-9-13(3)6-4-5-7-13/h8H,4-7,9H2,1-3H3,(H,14,15,16). The van der Waals surface area contributed by atoms with Gasteiger partial charge in [-0.25, -0.2) is 9.97 Å². The van der Waals surface area contributed by atoms with Crippen molar-refractivity contribution in [3.8, 4) is 0 Å². The molecule has 0 unspecified atom stereocenters. The van der Waals surface area contributed by atoms with E-state index >= 15 is 0 Å². The zero-order valence-electron chi connectivity index (χ0n) is 10.5. The number of nitrogens with one attached hydrogen (secondary N) is 1. The Hall–Kier alpha value is -1.12. The van der Waals surface area contributed by atoms with Crippen LogP contribution in [0.5, 0.6) is 0 Å². The molecule has 1 aliphatic carbocycles. The fourth-order valence-corrected chi connectivity index (χ4v) is 2.50. The zero-order chi connectivity index (χ0) is 11.6. The van der Waals surface area contributed by atoms with Crippen molar-refractivity contribution in [3.05, 3.63) is 17.5 Å². The second kappa shape index (κ2) is 4.40. The van der Waals surface area contributed by atoms with Gasteiger partial charge in [-0.15, -0.1) is 0 Å². The Morgan fingerprint density at radius 3 is 2.31 bits per heavy atom. The van der Waals surface area contributed by atoms with Crippen molar-refractivity contribution in [3.63, 3.8) is 0 Å². The van der Waals surface area contributed by atoms with Gasteiger partial charge in [0.05, 0.1) is 0 Å². The molecule has 3 heteroatoms. The van der Waals surface area contributed by atoms with Crippen LogP contribution in [-0.2, 0) is 0 Å². The molecule has 0 saturated heterocycles. The summed E-state index contributed by atoms with van der Waals surface area (Å²) in [6, 6.07) is 2.00. The van der Waals surface area contributed by atoms with E-state index in [1.807, 2.05) is 19.9 Å². The molecule has 0 amide bonds. The lowest BCUT2D eigenvalue weighted by Crippen LogP contribution is -2.24. The van der Waals surface area contributed by atoms with Gasteiger partial charge in [0.2, 0.25) is 5.95 Å². The van der Waals surface area contributed by atoms with Crippen LogP contribution >= 0.6 is 0 Å². The largest absolute Gasteiger partial charge is 0.354 e. The molecule has 2 rings (SSSR count). The number of aromatic nitrogens is 2. The van der Waals surface area contributed by atoms with Crippen molar-refractivity contribution in [2.75, 3.05) is 11.9 Å². The molecule has 16 heavy (non-hydrogen) atoms. The molecule has 1 aromatic heterocycles. The Morgan fingerprint density at radius 2 is 1.75 bits per heavy atom. The first-order valence-electron chi connectivity index (χ1n) is 6.14. The lowest BCUT2D eigenvalue weighted by Gasteiger charge is -2.23. The van der Waals surface area contributed by atoms with Gasteiger partial charge in [-0.05, 0) is 38.2 Å². The van der Waals surface area contributed by atoms with E-state index in [0.29, 0.717) is 5.41 Å². The number of hydrogen-bond acceptors (Lipinski definition) is 3. The molecule has 1 saturated carbocycles. The molecular weight excluding hydrogens is 198 g/mol. The minimum absolute atomic E-state index is 0.445. The van der Waals surface area contributed by atoms with Crippen molar-refractivity contribution >= 4 is 5.95 Å². The summed E-state index contributed by atoms with van der Waals surface area (Å²) < 4.78 is 0. The van der Waals surface area contributed by atoms with Gasteiger partial charge in [-0.1, -0.05) is 19.8 Å². The summed E-state index contributed by atoms with van der Waals surface area (Å²) in [7, 11) is 0. The van der Waals surface area contributed by atoms with Crippen LogP contribution in [0.1, 0.15) is 44.0 Å². The van der Waals surface area contributed by atoms with Crippen molar-refractivity contribution in [2.24, 2.45) is 5.41 Å². The minimum Gasteiger partial charge on any atom is -0.354 e. The van der Waals surface area contributed by atoms with Gasteiger partial charge in [0.15, 0.2) is 0 Å². The van der Waals surface area contributed by atoms with Crippen LogP contribution in [0.2, 0.25) is 0 Å². The smallest absolute Gasteiger partial charge is 0.223 e. The number of anilines is 1. The van der Waals surface area contributed by atoms with E-state index in [4.69, 9.17) is 0 Å². The first-order chi connectivity index (χ1) is 7.57. The first-order valence-corrected chi connectivity index (χ1v) is 6.14. The highest BCUT2D eigenvalue weighted by molar-refractivity contribution is 5.28. The Bertz CT molecular complexity index is 347. The fourth-order valence-electron chi connectivity index (χ4n) is 2.50. The SMILES string of the molecule is Cc1cc(C)nc(NCC2(C)CCCC2)n1. The third kappa shape index (κ3) is 2.71. The summed E-state index contributed by atoms with van der Waals surface area (Å²) in [4.78, 5) is 8.81. The molecule has 0 atom stereocenters. The summed E-state index contributed by atoms with van der Waals surface area (Å²) in [5.74, 6) is 0.783. The summed E-state index contributed by atoms with van der Waals surface area (Å²) in [5.41, 5.74) is 2.51. The van der Waals surface area contributed by atoms with Gasteiger partial charge in [0.25, 0.3) is 0 Å². The Balaban J connectivity index is 1.98. The predicted molar refractivity (Wildman–Crippen MR) is 66.6 cm³/mol. The molecule has 1 aromatic rings. The van der Waals surface area contributed by atoms with Crippen LogP contribution < -0.4 is 5.32 Å². The molecular formula is C13H21N3. The molecule has 0 bridgehead atoms. The highest BCUT2D eigenvalue weighted by Gasteiger charge is 2.28. The predicted octanol–water partition coefficient (Wildman–Crippen LogP) is 3.09. The summed E-state index contributed by atoms with van der Waals surface area (Å²) in [6.07, 6.45) is 5.38. The average molecular weight is 219 g/mol. The van der Waals surface area contributed by atoms with Crippen molar-refractivity contribution < 1.29 is 0 Å². The van der Waals surface area contributed by atoms with Crippen molar-refractivity contribution in [1.29, 1.82) is 0 Å². The molecule has 1 N–H and O–H groups in total. The Labute approximate surface area is 97.7 Å². The van der Waals surface area contributed by atoms with Crippen molar-refractivity contribution in [2.45, 2.75) is 46.5 Å². The highest BCUT2D eigenvalue weighted by Crippen LogP contribution is 2.37. The van der Waals surface area contributed by atoms with Crippen LogP contribution in [0.4, 0.5) is 5.95 Å². The molecule has 1 fully saturated rings. The minimum atomic E-state index is 0.445. The maximum absolute atomic E-state index is 4.40. The van der Waals surface area contributed by atoms with Gasteiger partial charge in [-0.3, -0.25) is 0 Å².